The van der Waals surface area contributed by atoms with Crippen molar-refractivity contribution in [2.45, 2.75) is 28.7 Å². The number of hydrogen-bond donors (Lipinski definition) is 2. The highest BCUT2D eigenvalue weighted by Gasteiger charge is 2.28. The minimum Gasteiger partial charge on any atom is -0.381 e. The zero-order chi connectivity index (χ0) is 22.6. The lowest BCUT2D eigenvalue weighted by Gasteiger charge is -2.26. The Morgan fingerprint density at radius 1 is 0.906 bits per heavy atom. The summed E-state index contributed by atoms with van der Waals surface area (Å²) < 4.78 is 66.9. The van der Waals surface area contributed by atoms with Crippen molar-refractivity contribution in [2.24, 2.45) is 0 Å². The zero-order valence-electron chi connectivity index (χ0n) is 17.6. The van der Waals surface area contributed by atoms with Gasteiger partial charge >= 0.3 is 0 Å². The molecule has 0 saturated carbocycles. The van der Waals surface area contributed by atoms with Gasteiger partial charge in [-0.05, 0) is 43.2 Å². The molecule has 2 fully saturated rings. The van der Waals surface area contributed by atoms with Crippen molar-refractivity contribution >= 4 is 31.4 Å². The maximum Gasteiger partial charge on any atom is 0.261 e. The molecule has 0 aromatic heterocycles. The van der Waals surface area contributed by atoms with E-state index in [9.17, 15) is 16.8 Å². The third-order valence-electron chi connectivity index (χ3n) is 5.44. The summed E-state index contributed by atoms with van der Waals surface area (Å²) in [5.74, 6) is 0. The highest BCUT2D eigenvalue weighted by Crippen LogP contribution is 2.30. The van der Waals surface area contributed by atoms with Crippen LogP contribution in [-0.2, 0) is 29.5 Å². The quantitative estimate of drug-likeness (QED) is 0.593. The maximum atomic E-state index is 13.1. The van der Waals surface area contributed by atoms with Gasteiger partial charge in [-0.25, -0.2) is 16.8 Å². The molecule has 2 aliphatic heterocycles. The number of ether oxygens (including phenoxy) is 2. The molecule has 0 bridgehead atoms. The highest BCUT2D eigenvalue weighted by atomic mass is 32.2. The normalized spacial score (nSPS) is 20.2. The van der Waals surface area contributed by atoms with Gasteiger partial charge in [0.1, 0.15) is 0 Å². The van der Waals surface area contributed by atoms with Crippen LogP contribution in [0.2, 0.25) is 0 Å². The topological polar surface area (TPSA) is 114 Å². The van der Waals surface area contributed by atoms with E-state index in [0.29, 0.717) is 32.1 Å². The average molecular weight is 482 g/mol. The Labute approximate surface area is 188 Å². The SMILES string of the molecule is O=S(=O)(Nc1cc(S(=O)(=O)N2CCOCC2)ccc1NC[C@H]1CCCO1)c1ccccc1. The van der Waals surface area contributed by atoms with Gasteiger partial charge < -0.3 is 14.8 Å². The third-order valence-corrected chi connectivity index (χ3v) is 8.72. The molecule has 0 spiro atoms. The molecule has 9 nitrogen and oxygen atoms in total. The first-order valence-corrected chi connectivity index (χ1v) is 13.4. The summed E-state index contributed by atoms with van der Waals surface area (Å²) in [6.45, 7) is 2.37. The second-order valence-electron chi connectivity index (χ2n) is 7.66. The Balaban J connectivity index is 1.65. The van der Waals surface area contributed by atoms with Gasteiger partial charge in [-0.1, -0.05) is 18.2 Å². The molecule has 2 N–H and O–H groups in total. The fourth-order valence-electron chi connectivity index (χ4n) is 3.69. The molecule has 2 saturated heterocycles. The number of nitrogens with one attached hydrogen (secondary N) is 2. The van der Waals surface area contributed by atoms with Crippen LogP contribution < -0.4 is 10.0 Å². The molecule has 2 aromatic rings. The predicted molar refractivity (Wildman–Crippen MR) is 121 cm³/mol. The van der Waals surface area contributed by atoms with Crippen molar-refractivity contribution in [1.29, 1.82) is 0 Å². The van der Waals surface area contributed by atoms with Gasteiger partial charge in [-0.3, -0.25) is 4.72 Å². The predicted octanol–water partition coefficient (Wildman–Crippen LogP) is 2.10. The summed E-state index contributed by atoms with van der Waals surface area (Å²) >= 11 is 0. The first kappa shape index (κ1) is 23.0. The van der Waals surface area contributed by atoms with Crippen molar-refractivity contribution in [2.75, 3.05) is 49.5 Å². The van der Waals surface area contributed by atoms with Crippen molar-refractivity contribution in [3.05, 3.63) is 48.5 Å². The van der Waals surface area contributed by atoms with Crippen molar-refractivity contribution < 1.29 is 26.3 Å². The van der Waals surface area contributed by atoms with Crippen molar-refractivity contribution in [3.8, 4) is 0 Å². The van der Waals surface area contributed by atoms with Crippen LogP contribution in [0.1, 0.15) is 12.8 Å². The van der Waals surface area contributed by atoms with E-state index in [1.165, 1.54) is 28.6 Å². The van der Waals surface area contributed by atoms with Gasteiger partial charge in [0.2, 0.25) is 10.0 Å². The van der Waals surface area contributed by atoms with E-state index in [2.05, 4.69) is 10.0 Å². The summed E-state index contributed by atoms with van der Waals surface area (Å²) in [6.07, 6.45) is 1.93. The minimum absolute atomic E-state index is 0.0211. The molecule has 0 aliphatic carbocycles. The molecule has 0 unspecified atom stereocenters. The molecule has 1 atom stereocenters. The van der Waals surface area contributed by atoms with E-state index in [4.69, 9.17) is 9.47 Å². The van der Waals surface area contributed by atoms with Gasteiger partial charge in [-0.15, -0.1) is 0 Å². The van der Waals surface area contributed by atoms with E-state index in [1.807, 2.05) is 0 Å². The maximum absolute atomic E-state index is 13.1. The van der Waals surface area contributed by atoms with Crippen molar-refractivity contribution in [3.63, 3.8) is 0 Å². The number of hydrogen-bond acceptors (Lipinski definition) is 7. The summed E-state index contributed by atoms with van der Waals surface area (Å²) in [5.41, 5.74) is 0.655. The Morgan fingerprint density at radius 3 is 2.34 bits per heavy atom. The monoisotopic (exact) mass is 481 g/mol. The Kier molecular flexibility index (Phi) is 7.01. The number of anilines is 2. The van der Waals surface area contributed by atoms with Crippen LogP contribution in [0.15, 0.2) is 58.3 Å². The molecule has 0 amide bonds. The van der Waals surface area contributed by atoms with Crippen LogP contribution in [0.3, 0.4) is 0 Å². The third kappa shape index (κ3) is 5.24. The molecular weight excluding hydrogens is 454 g/mol. The molecule has 11 heteroatoms. The van der Waals surface area contributed by atoms with Crippen LogP contribution in [-0.4, -0.2) is 66.7 Å². The largest absolute Gasteiger partial charge is 0.381 e. The Morgan fingerprint density at radius 2 is 1.66 bits per heavy atom. The summed E-state index contributed by atoms with van der Waals surface area (Å²) in [7, 11) is -7.70. The number of rotatable bonds is 8. The van der Waals surface area contributed by atoms with E-state index in [1.54, 1.807) is 24.3 Å². The fraction of sp³-hybridized carbons (Fsp3) is 0.429. The van der Waals surface area contributed by atoms with E-state index < -0.39 is 20.0 Å². The standard InChI is InChI=1S/C21H27N3O6S2/c25-31(26,18-6-2-1-3-7-18)23-21-15-19(32(27,28)24-10-13-29-14-11-24)8-9-20(21)22-16-17-5-4-12-30-17/h1-3,6-9,15,17,22-23H,4-5,10-14,16H2/t17-/m1/s1. The average Bonchev–Trinajstić information content (AvgIpc) is 3.33. The number of nitrogens with zero attached hydrogens (tertiary/aromatic N) is 1. The number of sulfonamides is 2. The number of morpholine rings is 1. The minimum atomic E-state index is -3.91. The van der Waals surface area contributed by atoms with Crippen LogP contribution in [0.5, 0.6) is 0 Å². The molecule has 4 rings (SSSR count). The molecule has 32 heavy (non-hydrogen) atoms. The van der Waals surface area contributed by atoms with Crippen LogP contribution >= 0.6 is 0 Å². The van der Waals surface area contributed by atoms with Gasteiger partial charge in [0, 0.05) is 26.2 Å². The first-order valence-electron chi connectivity index (χ1n) is 10.5. The second-order valence-corrected chi connectivity index (χ2v) is 11.3. The summed E-state index contributed by atoms with van der Waals surface area (Å²) in [5, 5.41) is 3.21. The lowest BCUT2D eigenvalue weighted by molar-refractivity contribution is 0.0730. The van der Waals surface area contributed by atoms with E-state index in [0.717, 1.165) is 12.8 Å². The Bertz CT molecular complexity index is 1130. The molecule has 0 radical (unpaired) electrons. The lowest BCUT2D eigenvalue weighted by atomic mass is 10.2. The van der Waals surface area contributed by atoms with Gasteiger partial charge in [-0.2, -0.15) is 4.31 Å². The van der Waals surface area contributed by atoms with E-state index in [-0.39, 0.29) is 34.7 Å². The molecule has 2 heterocycles. The van der Waals surface area contributed by atoms with Gasteiger partial charge in [0.25, 0.3) is 10.0 Å². The van der Waals surface area contributed by atoms with Crippen LogP contribution in [0.4, 0.5) is 11.4 Å². The first-order chi connectivity index (χ1) is 15.4. The molecule has 174 valence electrons. The molecule has 2 aliphatic rings. The van der Waals surface area contributed by atoms with Crippen LogP contribution in [0.25, 0.3) is 0 Å². The molecular formula is C21H27N3O6S2. The van der Waals surface area contributed by atoms with Crippen molar-refractivity contribution in [1.82, 2.24) is 4.31 Å². The lowest BCUT2D eigenvalue weighted by Crippen LogP contribution is -2.40. The van der Waals surface area contributed by atoms with E-state index >= 15 is 0 Å². The zero-order valence-corrected chi connectivity index (χ0v) is 19.2. The second kappa shape index (κ2) is 9.75. The fourth-order valence-corrected chi connectivity index (χ4v) is 6.22. The highest BCUT2D eigenvalue weighted by molar-refractivity contribution is 7.92. The van der Waals surface area contributed by atoms with Gasteiger partial charge in [0.05, 0.1) is 40.5 Å². The van der Waals surface area contributed by atoms with Gasteiger partial charge in [0.15, 0.2) is 0 Å². The molecule has 2 aromatic carbocycles. The smallest absolute Gasteiger partial charge is 0.261 e. The van der Waals surface area contributed by atoms with Crippen LogP contribution in [0, 0.1) is 0 Å². The summed E-state index contributed by atoms with van der Waals surface area (Å²) in [6, 6.07) is 12.4. The Hall–Kier alpha value is -2.18. The number of benzene rings is 2. The summed E-state index contributed by atoms with van der Waals surface area (Å²) in [4.78, 5) is 0.111.